The second-order valence-electron chi connectivity index (χ2n) is 3.76. The lowest BCUT2D eigenvalue weighted by Gasteiger charge is -2.06. The van der Waals surface area contributed by atoms with Crippen LogP contribution < -0.4 is 0 Å². The van der Waals surface area contributed by atoms with Gasteiger partial charge in [0, 0.05) is 4.90 Å². The maximum Gasteiger partial charge on any atom is 0.142 e. The van der Waals surface area contributed by atoms with E-state index in [4.69, 9.17) is 5.26 Å². The van der Waals surface area contributed by atoms with Crippen LogP contribution in [0.15, 0.2) is 23.1 Å². The Kier molecular flexibility index (Phi) is 4.64. The molecule has 0 atom stereocenters. The maximum absolute atomic E-state index is 13.2. The quantitative estimate of drug-likeness (QED) is 0.724. The lowest BCUT2D eigenvalue weighted by Crippen LogP contribution is -1.92. The molecule has 0 aromatic heterocycles. The third-order valence-corrected chi connectivity index (χ3v) is 3.13. The molecule has 0 spiro atoms. The van der Waals surface area contributed by atoms with Crippen LogP contribution in [0.5, 0.6) is 0 Å². The minimum Gasteiger partial charge on any atom is -0.206 e. The number of benzene rings is 1. The van der Waals surface area contributed by atoms with E-state index in [0.717, 1.165) is 17.1 Å². The summed E-state index contributed by atoms with van der Waals surface area (Å²) < 4.78 is 13.2. The molecule has 0 fully saturated rings. The number of nitrogens with zero attached hydrogens (tertiary/aromatic N) is 1. The molecule has 0 bridgehead atoms. The van der Waals surface area contributed by atoms with Crippen molar-refractivity contribution >= 4 is 11.8 Å². The van der Waals surface area contributed by atoms with Crippen molar-refractivity contribution in [3.63, 3.8) is 0 Å². The molecular weight excluding hydrogens is 209 g/mol. The van der Waals surface area contributed by atoms with Gasteiger partial charge in [-0.3, -0.25) is 0 Å². The van der Waals surface area contributed by atoms with Crippen LogP contribution in [0.3, 0.4) is 0 Å². The number of hydrogen-bond donors (Lipinski definition) is 0. The van der Waals surface area contributed by atoms with Gasteiger partial charge in [-0.1, -0.05) is 19.9 Å². The first-order chi connectivity index (χ1) is 7.15. The van der Waals surface area contributed by atoms with Crippen molar-refractivity contribution in [2.24, 2.45) is 5.92 Å². The molecule has 15 heavy (non-hydrogen) atoms. The Hall–Kier alpha value is -1.01. The van der Waals surface area contributed by atoms with Crippen LogP contribution in [0.1, 0.15) is 25.8 Å². The van der Waals surface area contributed by atoms with Crippen molar-refractivity contribution in [3.05, 3.63) is 29.6 Å². The van der Waals surface area contributed by atoms with Gasteiger partial charge in [-0.15, -0.1) is 11.8 Å². The van der Waals surface area contributed by atoms with Crippen molar-refractivity contribution in [1.29, 1.82) is 5.26 Å². The predicted octanol–water partition coefficient (Wildman–Crippen LogP) is 3.84. The Balaban J connectivity index is 2.69. The van der Waals surface area contributed by atoms with Crippen molar-refractivity contribution < 1.29 is 4.39 Å². The average Bonchev–Trinajstić information content (AvgIpc) is 2.17. The van der Waals surface area contributed by atoms with Crippen molar-refractivity contribution in [2.45, 2.75) is 25.2 Å². The highest BCUT2D eigenvalue weighted by Crippen LogP contribution is 2.25. The van der Waals surface area contributed by atoms with Crippen molar-refractivity contribution in [1.82, 2.24) is 0 Å². The van der Waals surface area contributed by atoms with Crippen molar-refractivity contribution in [2.75, 3.05) is 5.75 Å². The fourth-order valence-electron chi connectivity index (χ4n) is 1.14. The zero-order chi connectivity index (χ0) is 11.3. The highest BCUT2D eigenvalue weighted by Gasteiger charge is 2.07. The Morgan fingerprint density at radius 2 is 2.20 bits per heavy atom. The van der Waals surface area contributed by atoms with Gasteiger partial charge >= 0.3 is 0 Å². The Morgan fingerprint density at radius 1 is 1.47 bits per heavy atom. The molecule has 0 amide bonds. The molecule has 0 N–H and O–H groups in total. The Labute approximate surface area is 94.3 Å². The second-order valence-corrected chi connectivity index (χ2v) is 4.89. The first-order valence-electron chi connectivity index (χ1n) is 4.96. The second kappa shape index (κ2) is 5.77. The van der Waals surface area contributed by atoms with E-state index in [1.54, 1.807) is 23.9 Å². The molecule has 3 heteroatoms. The van der Waals surface area contributed by atoms with Crippen LogP contribution in [0.4, 0.5) is 4.39 Å². The topological polar surface area (TPSA) is 23.8 Å². The lowest BCUT2D eigenvalue weighted by molar-refractivity contribution is 0.619. The molecule has 0 unspecified atom stereocenters. The molecule has 0 aliphatic rings. The summed E-state index contributed by atoms with van der Waals surface area (Å²) in [7, 11) is 0. The van der Waals surface area contributed by atoms with E-state index in [1.807, 2.05) is 6.07 Å². The molecule has 0 saturated carbocycles. The summed E-state index contributed by atoms with van der Waals surface area (Å²) in [5, 5.41) is 8.80. The number of thioether (sulfide) groups is 1. The van der Waals surface area contributed by atoms with Crippen LogP contribution >= 0.6 is 11.8 Å². The molecule has 0 saturated heterocycles. The Bertz CT molecular complexity index is 368. The van der Waals surface area contributed by atoms with Crippen LogP contribution in [-0.2, 0) is 0 Å². The molecular formula is C12H14FNS. The number of rotatable bonds is 4. The van der Waals surface area contributed by atoms with Gasteiger partial charge in [0.2, 0.25) is 0 Å². The third-order valence-electron chi connectivity index (χ3n) is 2.04. The van der Waals surface area contributed by atoms with E-state index in [2.05, 4.69) is 13.8 Å². The Morgan fingerprint density at radius 3 is 2.80 bits per heavy atom. The molecule has 1 aromatic carbocycles. The number of halogens is 1. The molecule has 1 rings (SSSR count). The third kappa shape index (κ3) is 3.56. The zero-order valence-corrected chi connectivity index (χ0v) is 9.77. The van der Waals surface area contributed by atoms with E-state index in [1.165, 1.54) is 6.07 Å². The summed E-state index contributed by atoms with van der Waals surface area (Å²) in [5.41, 5.74) is 0.172. The van der Waals surface area contributed by atoms with E-state index < -0.39 is 5.82 Å². The van der Waals surface area contributed by atoms with Crippen LogP contribution in [0.2, 0.25) is 0 Å². The van der Waals surface area contributed by atoms with E-state index in [0.29, 0.717) is 5.92 Å². The van der Waals surface area contributed by atoms with Gasteiger partial charge in [0.25, 0.3) is 0 Å². The van der Waals surface area contributed by atoms with E-state index in [9.17, 15) is 4.39 Å². The fraction of sp³-hybridized carbons (Fsp3) is 0.417. The standard InChI is InChI=1S/C12H14FNS/c1-9(2)6-7-15-12-5-3-4-11(13)10(12)8-14/h3-5,9H,6-7H2,1-2H3. The van der Waals surface area contributed by atoms with E-state index >= 15 is 0 Å². The molecule has 1 nitrogen and oxygen atoms in total. The maximum atomic E-state index is 13.2. The summed E-state index contributed by atoms with van der Waals surface area (Å²) in [6.07, 6.45) is 1.08. The van der Waals surface area contributed by atoms with Crippen LogP contribution in [0, 0.1) is 23.1 Å². The van der Waals surface area contributed by atoms with Gasteiger partial charge in [-0.25, -0.2) is 4.39 Å². The smallest absolute Gasteiger partial charge is 0.142 e. The fourth-order valence-corrected chi connectivity index (χ4v) is 2.41. The largest absolute Gasteiger partial charge is 0.206 e. The number of hydrogen-bond acceptors (Lipinski definition) is 2. The summed E-state index contributed by atoms with van der Waals surface area (Å²) in [5.74, 6) is 1.14. The van der Waals surface area contributed by atoms with Crippen LogP contribution in [-0.4, -0.2) is 5.75 Å². The monoisotopic (exact) mass is 223 g/mol. The first kappa shape index (κ1) is 12.1. The molecule has 1 aromatic rings. The van der Waals surface area contributed by atoms with Crippen LogP contribution in [0.25, 0.3) is 0 Å². The van der Waals surface area contributed by atoms with Gasteiger partial charge in [0.15, 0.2) is 0 Å². The first-order valence-corrected chi connectivity index (χ1v) is 5.95. The lowest BCUT2D eigenvalue weighted by atomic mass is 10.2. The molecule has 0 aliphatic heterocycles. The summed E-state index contributed by atoms with van der Waals surface area (Å²) in [6.45, 7) is 4.30. The highest BCUT2D eigenvalue weighted by molar-refractivity contribution is 7.99. The predicted molar refractivity (Wildman–Crippen MR) is 61.3 cm³/mol. The van der Waals surface area contributed by atoms with Crippen molar-refractivity contribution in [3.8, 4) is 6.07 Å². The SMILES string of the molecule is CC(C)CCSc1cccc(F)c1C#N. The zero-order valence-electron chi connectivity index (χ0n) is 8.96. The van der Waals surface area contributed by atoms with Gasteiger partial charge in [-0.05, 0) is 30.2 Å². The minimum absolute atomic E-state index is 0.172. The van der Waals surface area contributed by atoms with Gasteiger partial charge < -0.3 is 0 Å². The summed E-state index contributed by atoms with van der Waals surface area (Å²) in [4.78, 5) is 0.748. The summed E-state index contributed by atoms with van der Waals surface area (Å²) >= 11 is 1.55. The minimum atomic E-state index is -0.424. The molecule has 80 valence electrons. The van der Waals surface area contributed by atoms with Gasteiger partial charge in [-0.2, -0.15) is 5.26 Å². The average molecular weight is 223 g/mol. The normalized spacial score (nSPS) is 10.3. The number of nitriles is 1. The van der Waals surface area contributed by atoms with Gasteiger partial charge in [0.05, 0.1) is 0 Å². The molecule has 0 heterocycles. The van der Waals surface area contributed by atoms with Gasteiger partial charge in [0.1, 0.15) is 17.4 Å². The molecule has 0 radical (unpaired) electrons. The summed E-state index contributed by atoms with van der Waals surface area (Å²) in [6, 6.07) is 6.68. The highest BCUT2D eigenvalue weighted by atomic mass is 32.2. The van der Waals surface area contributed by atoms with E-state index in [-0.39, 0.29) is 5.56 Å². The molecule has 0 aliphatic carbocycles.